The van der Waals surface area contributed by atoms with E-state index in [1.54, 1.807) is 18.2 Å². The fourth-order valence-corrected chi connectivity index (χ4v) is 3.75. The van der Waals surface area contributed by atoms with Crippen LogP contribution in [0.4, 0.5) is 10.8 Å². The van der Waals surface area contributed by atoms with Gasteiger partial charge in [-0.25, -0.2) is 13.4 Å². The Morgan fingerprint density at radius 3 is 2.56 bits per heavy atom. The van der Waals surface area contributed by atoms with Gasteiger partial charge in [0.25, 0.3) is 5.91 Å². The third-order valence-corrected chi connectivity index (χ3v) is 5.17. The van der Waals surface area contributed by atoms with Crippen LogP contribution >= 0.6 is 11.3 Å². The molecule has 1 amide bonds. The molecular formula is C19H19N3O3S2. The topological polar surface area (TPSA) is 88.2 Å². The van der Waals surface area contributed by atoms with Crippen LogP contribution in [0.3, 0.4) is 0 Å². The number of anilines is 2. The van der Waals surface area contributed by atoms with Crippen molar-refractivity contribution in [3.8, 4) is 11.3 Å². The Bertz CT molecular complexity index is 1060. The zero-order chi connectivity index (χ0) is 19.4. The molecule has 0 aliphatic heterocycles. The number of aryl methyl sites for hydroxylation is 1. The molecule has 0 fully saturated rings. The van der Waals surface area contributed by atoms with Crippen molar-refractivity contribution in [2.75, 3.05) is 16.3 Å². The summed E-state index contributed by atoms with van der Waals surface area (Å²) in [6, 6.07) is 14.4. The monoisotopic (exact) mass is 401 g/mol. The van der Waals surface area contributed by atoms with E-state index in [1.165, 1.54) is 23.0 Å². The second kappa shape index (κ2) is 7.89. The molecule has 1 heterocycles. The molecule has 0 unspecified atom stereocenters. The molecule has 8 heteroatoms. The number of nitrogens with one attached hydrogen (secondary N) is 2. The van der Waals surface area contributed by atoms with Gasteiger partial charge in [0.1, 0.15) is 0 Å². The predicted octanol–water partition coefficient (Wildman–Crippen LogP) is 4.00. The van der Waals surface area contributed by atoms with Gasteiger partial charge >= 0.3 is 0 Å². The van der Waals surface area contributed by atoms with Crippen LogP contribution in [0, 0.1) is 0 Å². The largest absolute Gasteiger partial charge is 0.298 e. The van der Waals surface area contributed by atoms with Gasteiger partial charge in [-0.2, -0.15) is 0 Å². The maximum absolute atomic E-state index is 12.4. The molecule has 0 bridgehead atoms. The summed E-state index contributed by atoms with van der Waals surface area (Å²) in [6.07, 6.45) is 2.04. The van der Waals surface area contributed by atoms with E-state index in [9.17, 15) is 13.2 Å². The molecular weight excluding hydrogens is 382 g/mol. The van der Waals surface area contributed by atoms with E-state index in [0.29, 0.717) is 16.4 Å². The standard InChI is InChI=1S/C19H19N3O3S2/c1-3-13-7-9-14(10-8-13)17-12-26-19(20-17)21-18(23)15-5-4-6-16(11-15)22-27(2,24)25/h4-12,22H,3H2,1-2H3,(H,20,21,23). The van der Waals surface area contributed by atoms with Crippen molar-refractivity contribution < 1.29 is 13.2 Å². The number of hydrogen-bond donors (Lipinski definition) is 2. The van der Waals surface area contributed by atoms with E-state index in [2.05, 4.69) is 34.1 Å². The summed E-state index contributed by atoms with van der Waals surface area (Å²) >= 11 is 1.34. The summed E-state index contributed by atoms with van der Waals surface area (Å²) < 4.78 is 25.0. The summed E-state index contributed by atoms with van der Waals surface area (Å²) in [5, 5.41) is 5.12. The maximum atomic E-state index is 12.4. The summed E-state index contributed by atoms with van der Waals surface area (Å²) in [6.45, 7) is 2.10. The molecule has 1 aromatic heterocycles. The SMILES string of the molecule is CCc1ccc(-c2csc(NC(=O)c3cccc(NS(C)(=O)=O)c3)n2)cc1. The molecule has 27 heavy (non-hydrogen) atoms. The van der Waals surface area contributed by atoms with Crippen LogP contribution in [0.2, 0.25) is 0 Å². The van der Waals surface area contributed by atoms with Crippen molar-refractivity contribution in [2.24, 2.45) is 0 Å². The van der Waals surface area contributed by atoms with Crippen LogP contribution in [-0.2, 0) is 16.4 Å². The number of sulfonamides is 1. The van der Waals surface area contributed by atoms with Crippen molar-refractivity contribution in [1.29, 1.82) is 0 Å². The van der Waals surface area contributed by atoms with Gasteiger partial charge < -0.3 is 0 Å². The molecule has 0 atom stereocenters. The number of thiazole rings is 1. The van der Waals surface area contributed by atoms with Gasteiger partial charge in [0.05, 0.1) is 11.9 Å². The van der Waals surface area contributed by atoms with Gasteiger partial charge in [0.15, 0.2) is 5.13 Å². The van der Waals surface area contributed by atoms with Crippen molar-refractivity contribution in [1.82, 2.24) is 4.98 Å². The minimum absolute atomic E-state index is 0.334. The second-order valence-electron chi connectivity index (χ2n) is 6.00. The van der Waals surface area contributed by atoms with E-state index in [0.717, 1.165) is 23.9 Å². The number of aromatic nitrogens is 1. The molecule has 3 aromatic rings. The Labute approximate surface area is 162 Å². The van der Waals surface area contributed by atoms with Gasteiger partial charge in [-0.05, 0) is 30.2 Å². The van der Waals surface area contributed by atoms with E-state index >= 15 is 0 Å². The predicted molar refractivity (Wildman–Crippen MR) is 110 cm³/mol. The van der Waals surface area contributed by atoms with Gasteiger partial charge in [-0.3, -0.25) is 14.8 Å². The number of carbonyl (C=O) groups excluding carboxylic acids is 1. The lowest BCUT2D eigenvalue weighted by atomic mass is 10.1. The molecule has 2 N–H and O–H groups in total. The van der Waals surface area contributed by atoms with Crippen LogP contribution in [0.15, 0.2) is 53.9 Å². The summed E-state index contributed by atoms with van der Waals surface area (Å²) in [5.41, 5.74) is 3.72. The van der Waals surface area contributed by atoms with Crippen LogP contribution in [0.25, 0.3) is 11.3 Å². The smallest absolute Gasteiger partial charge is 0.257 e. The molecule has 3 rings (SSSR count). The third kappa shape index (κ3) is 5.15. The second-order valence-corrected chi connectivity index (χ2v) is 8.60. The highest BCUT2D eigenvalue weighted by molar-refractivity contribution is 7.92. The van der Waals surface area contributed by atoms with Crippen LogP contribution in [0.1, 0.15) is 22.8 Å². The van der Waals surface area contributed by atoms with Crippen molar-refractivity contribution >= 4 is 38.1 Å². The Hall–Kier alpha value is -2.71. The number of amides is 1. The average Bonchev–Trinajstić information content (AvgIpc) is 3.09. The van der Waals surface area contributed by atoms with Crippen LogP contribution in [0.5, 0.6) is 0 Å². The number of benzene rings is 2. The quantitative estimate of drug-likeness (QED) is 0.653. The molecule has 0 aliphatic carbocycles. The normalized spacial score (nSPS) is 11.2. The maximum Gasteiger partial charge on any atom is 0.257 e. The molecule has 0 radical (unpaired) electrons. The minimum atomic E-state index is -3.40. The van der Waals surface area contributed by atoms with Crippen molar-refractivity contribution in [2.45, 2.75) is 13.3 Å². The third-order valence-electron chi connectivity index (χ3n) is 3.81. The Morgan fingerprint density at radius 2 is 1.89 bits per heavy atom. The number of carbonyl (C=O) groups is 1. The fourth-order valence-electron chi connectivity index (χ4n) is 2.48. The van der Waals surface area contributed by atoms with Gasteiger partial charge in [0.2, 0.25) is 10.0 Å². The van der Waals surface area contributed by atoms with E-state index in [-0.39, 0.29) is 5.91 Å². The summed E-state index contributed by atoms with van der Waals surface area (Å²) in [7, 11) is -3.40. The molecule has 0 aliphatic rings. The molecule has 140 valence electrons. The lowest BCUT2D eigenvalue weighted by Gasteiger charge is -2.06. The fraction of sp³-hybridized carbons (Fsp3) is 0.158. The zero-order valence-electron chi connectivity index (χ0n) is 14.9. The molecule has 6 nitrogen and oxygen atoms in total. The first-order valence-electron chi connectivity index (χ1n) is 8.28. The minimum Gasteiger partial charge on any atom is -0.298 e. The summed E-state index contributed by atoms with van der Waals surface area (Å²) in [4.78, 5) is 16.9. The lowest BCUT2D eigenvalue weighted by Crippen LogP contribution is -2.13. The number of nitrogens with zero attached hydrogens (tertiary/aromatic N) is 1. The Morgan fingerprint density at radius 1 is 1.15 bits per heavy atom. The van der Waals surface area contributed by atoms with E-state index in [1.807, 2.05) is 17.5 Å². The molecule has 0 saturated heterocycles. The zero-order valence-corrected chi connectivity index (χ0v) is 16.5. The number of hydrogen-bond acceptors (Lipinski definition) is 5. The van der Waals surface area contributed by atoms with Crippen LogP contribution in [-0.4, -0.2) is 25.6 Å². The Kier molecular flexibility index (Phi) is 5.57. The van der Waals surface area contributed by atoms with Gasteiger partial charge in [-0.15, -0.1) is 11.3 Å². The number of rotatable bonds is 6. The molecule has 0 spiro atoms. The molecule has 2 aromatic carbocycles. The highest BCUT2D eigenvalue weighted by Gasteiger charge is 2.11. The van der Waals surface area contributed by atoms with E-state index < -0.39 is 10.0 Å². The first-order valence-corrected chi connectivity index (χ1v) is 11.1. The summed E-state index contributed by atoms with van der Waals surface area (Å²) in [5.74, 6) is -0.352. The lowest BCUT2D eigenvalue weighted by molar-refractivity contribution is 0.102. The van der Waals surface area contributed by atoms with Crippen molar-refractivity contribution in [3.05, 3.63) is 65.0 Å². The first-order chi connectivity index (χ1) is 12.8. The van der Waals surface area contributed by atoms with Crippen LogP contribution < -0.4 is 10.0 Å². The van der Waals surface area contributed by atoms with Gasteiger partial charge in [-0.1, -0.05) is 37.3 Å². The highest BCUT2D eigenvalue weighted by atomic mass is 32.2. The van der Waals surface area contributed by atoms with E-state index in [4.69, 9.17) is 0 Å². The Balaban J connectivity index is 1.73. The average molecular weight is 402 g/mol. The van der Waals surface area contributed by atoms with Crippen molar-refractivity contribution in [3.63, 3.8) is 0 Å². The first kappa shape index (κ1) is 19.1. The highest BCUT2D eigenvalue weighted by Crippen LogP contribution is 2.26. The molecule has 0 saturated carbocycles. The van der Waals surface area contributed by atoms with Gasteiger partial charge in [0, 0.05) is 22.2 Å².